The first-order valence-corrected chi connectivity index (χ1v) is 7.11. The molecule has 0 saturated heterocycles. The van der Waals surface area contributed by atoms with Gasteiger partial charge in [-0.25, -0.2) is 4.98 Å². The van der Waals surface area contributed by atoms with Gasteiger partial charge in [0, 0.05) is 25.8 Å². The van der Waals surface area contributed by atoms with Gasteiger partial charge >= 0.3 is 0 Å². The second kappa shape index (κ2) is 7.09. The number of methoxy groups -OCH3 is 1. The molecule has 0 amide bonds. The van der Waals surface area contributed by atoms with Gasteiger partial charge in [-0.3, -0.25) is 0 Å². The summed E-state index contributed by atoms with van der Waals surface area (Å²) in [6, 6.07) is 12.6. The zero-order valence-corrected chi connectivity index (χ0v) is 13.1. The predicted molar refractivity (Wildman–Crippen MR) is 86.8 cm³/mol. The maximum absolute atomic E-state index is 5.26. The lowest BCUT2D eigenvalue weighted by Crippen LogP contribution is -2.18. The highest BCUT2D eigenvalue weighted by molar-refractivity contribution is 5.41. The van der Waals surface area contributed by atoms with Gasteiger partial charge in [-0.05, 0) is 43.3 Å². The van der Waals surface area contributed by atoms with Crippen molar-refractivity contribution in [2.24, 2.45) is 0 Å². The SMILES string of the molecule is CNC(C)c1ccc(N(C)Cc2cccc(OC)c2)nc1. The fraction of sp³-hybridized carbons (Fsp3) is 0.353. The van der Waals surface area contributed by atoms with Crippen LogP contribution in [0.4, 0.5) is 5.82 Å². The van der Waals surface area contributed by atoms with Crippen LogP contribution in [0.2, 0.25) is 0 Å². The molecule has 0 bridgehead atoms. The first-order chi connectivity index (χ1) is 10.1. The molecule has 0 aliphatic carbocycles. The Morgan fingerprint density at radius 2 is 2.10 bits per heavy atom. The van der Waals surface area contributed by atoms with Crippen molar-refractivity contribution in [2.45, 2.75) is 19.5 Å². The van der Waals surface area contributed by atoms with Crippen molar-refractivity contribution in [2.75, 3.05) is 26.1 Å². The van der Waals surface area contributed by atoms with E-state index in [2.05, 4.69) is 40.3 Å². The van der Waals surface area contributed by atoms with Crippen LogP contribution in [0.25, 0.3) is 0 Å². The number of ether oxygens (including phenoxy) is 1. The van der Waals surface area contributed by atoms with Crippen LogP contribution in [0.1, 0.15) is 24.1 Å². The number of aromatic nitrogens is 1. The van der Waals surface area contributed by atoms with Crippen molar-refractivity contribution < 1.29 is 4.74 Å². The zero-order chi connectivity index (χ0) is 15.2. The van der Waals surface area contributed by atoms with Crippen LogP contribution in [-0.4, -0.2) is 26.2 Å². The number of anilines is 1. The van der Waals surface area contributed by atoms with Crippen LogP contribution in [0.5, 0.6) is 5.75 Å². The minimum atomic E-state index is 0.315. The third-order valence-corrected chi connectivity index (χ3v) is 3.65. The molecule has 0 aliphatic heterocycles. The molecule has 1 heterocycles. The molecule has 2 rings (SSSR count). The first-order valence-electron chi connectivity index (χ1n) is 7.11. The van der Waals surface area contributed by atoms with Crippen LogP contribution >= 0.6 is 0 Å². The molecule has 1 aromatic carbocycles. The smallest absolute Gasteiger partial charge is 0.128 e. The molecular weight excluding hydrogens is 262 g/mol. The Morgan fingerprint density at radius 3 is 2.71 bits per heavy atom. The van der Waals surface area contributed by atoms with E-state index in [0.717, 1.165) is 18.1 Å². The van der Waals surface area contributed by atoms with E-state index in [0.29, 0.717) is 6.04 Å². The summed E-state index contributed by atoms with van der Waals surface area (Å²) in [6.45, 7) is 2.92. The minimum absolute atomic E-state index is 0.315. The highest BCUT2D eigenvalue weighted by Gasteiger charge is 2.07. The predicted octanol–water partition coefficient (Wildman–Crippen LogP) is 3.01. The molecule has 2 aromatic rings. The Hall–Kier alpha value is -2.07. The third-order valence-electron chi connectivity index (χ3n) is 3.65. The normalized spacial score (nSPS) is 12.0. The van der Waals surface area contributed by atoms with Crippen LogP contribution in [-0.2, 0) is 6.54 Å². The number of pyridine rings is 1. The van der Waals surface area contributed by atoms with Crippen molar-refractivity contribution in [3.8, 4) is 5.75 Å². The van der Waals surface area contributed by atoms with Crippen LogP contribution in [0.15, 0.2) is 42.6 Å². The standard InChI is InChI=1S/C17H23N3O/c1-13(18-2)15-8-9-17(19-11-15)20(3)12-14-6-5-7-16(10-14)21-4/h5-11,13,18H,12H2,1-4H3. The van der Waals surface area contributed by atoms with Crippen LogP contribution < -0.4 is 15.0 Å². The minimum Gasteiger partial charge on any atom is -0.497 e. The van der Waals surface area contributed by atoms with Crippen LogP contribution in [0, 0.1) is 0 Å². The van der Waals surface area contributed by atoms with Gasteiger partial charge in [0.2, 0.25) is 0 Å². The summed E-state index contributed by atoms with van der Waals surface area (Å²) in [6.07, 6.45) is 1.93. The van der Waals surface area contributed by atoms with Crippen molar-refractivity contribution >= 4 is 5.82 Å². The van der Waals surface area contributed by atoms with Crippen molar-refractivity contribution in [3.63, 3.8) is 0 Å². The second-order valence-electron chi connectivity index (χ2n) is 5.17. The Morgan fingerprint density at radius 1 is 1.29 bits per heavy atom. The highest BCUT2D eigenvalue weighted by Crippen LogP contribution is 2.18. The lowest BCUT2D eigenvalue weighted by molar-refractivity contribution is 0.414. The van der Waals surface area contributed by atoms with Gasteiger partial charge in [0.05, 0.1) is 7.11 Å². The molecule has 112 valence electrons. The average Bonchev–Trinajstić information content (AvgIpc) is 2.54. The largest absolute Gasteiger partial charge is 0.497 e. The number of nitrogens with zero attached hydrogens (tertiary/aromatic N) is 2. The Labute approximate surface area is 126 Å². The first kappa shape index (κ1) is 15.3. The molecule has 0 fully saturated rings. The molecule has 1 N–H and O–H groups in total. The number of nitrogens with one attached hydrogen (secondary N) is 1. The third kappa shape index (κ3) is 3.95. The van der Waals surface area contributed by atoms with Gasteiger partial charge in [0.15, 0.2) is 0 Å². The topological polar surface area (TPSA) is 37.4 Å². The summed E-state index contributed by atoms with van der Waals surface area (Å²) < 4.78 is 5.26. The van der Waals surface area contributed by atoms with E-state index in [1.807, 2.05) is 38.5 Å². The molecule has 0 radical (unpaired) electrons. The maximum atomic E-state index is 5.26. The fourth-order valence-corrected chi connectivity index (χ4v) is 2.17. The monoisotopic (exact) mass is 285 g/mol. The van der Waals surface area contributed by atoms with Crippen molar-refractivity contribution in [3.05, 3.63) is 53.7 Å². The van der Waals surface area contributed by atoms with E-state index in [9.17, 15) is 0 Å². The Kier molecular flexibility index (Phi) is 5.17. The van der Waals surface area contributed by atoms with E-state index >= 15 is 0 Å². The van der Waals surface area contributed by atoms with Crippen molar-refractivity contribution in [1.29, 1.82) is 0 Å². The van der Waals surface area contributed by atoms with Crippen molar-refractivity contribution in [1.82, 2.24) is 10.3 Å². The van der Waals surface area contributed by atoms with Gasteiger partial charge in [-0.1, -0.05) is 18.2 Å². The summed E-state index contributed by atoms with van der Waals surface area (Å²) in [7, 11) is 5.68. The quantitative estimate of drug-likeness (QED) is 0.885. The van der Waals surface area contributed by atoms with E-state index in [1.165, 1.54) is 11.1 Å². The lowest BCUT2D eigenvalue weighted by Gasteiger charge is -2.19. The zero-order valence-electron chi connectivity index (χ0n) is 13.1. The summed E-state index contributed by atoms with van der Waals surface area (Å²) in [5.41, 5.74) is 2.39. The maximum Gasteiger partial charge on any atom is 0.128 e. The molecule has 4 heteroatoms. The summed E-state index contributed by atoms with van der Waals surface area (Å²) in [5.74, 6) is 1.84. The summed E-state index contributed by atoms with van der Waals surface area (Å²) >= 11 is 0. The Bertz CT molecular complexity index is 569. The molecule has 0 saturated carbocycles. The molecule has 21 heavy (non-hydrogen) atoms. The number of benzene rings is 1. The van der Waals surface area contributed by atoms with E-state index in [-0.39, 0.29) is 0 Å². The number of rotatable bonds is 6. The van der Waals surface area contributed by atoms with Gasteiger partial charge < -0.3 is 15.0 Å². The van der Waals surface area contributed by atoms with Gasteiger partial charge in [-0.2, -0.15) is 0 Å². The summed E-state index contributed by atoms with van der Waals surface area (Å²) in [4.78, 5) is 6.67. The highest BCUT2D eigenvalue weighted by atomic mass is 16.5. The molecule has 1 aromatic heterocycles. The molecule has 0 aliphatic rings. The van der Waals surface area contributed by atoms with E-state index in [4.69, 9.17) is 4.74 Å². The molecular formula is C17H23N3O. The molecule has 0 spiro atoms. The van der Waals surface area contributed by atoms with E-state index < -0.39 is 0 Å². The number of hydrogen-bond acceptors (Lipinski definition) is 4. The van der Waals surface area contributed by atoms with Gasteiger partial charge in [0.1, 0.15) is 11.6 Å². The van der Waals surface area contributed by atoms with Gasteiger partial charge in [0.25, 0.3) is 0 Å². The van der Waals surface area contributed by atoms with Gasteiger partial charge in [-0.15, -0.1) is 0 Å². The second-order valence-corrected chi connectivity index (χ2v) is 5.17. The summed E-state index contributed by atoms with van der Waals surface area (Å²) in [5, 5.41) is 3.21. The molecule has 4 nitrogen and oxygen atoms in total. The number of hydrogen-bond donors (Lipinski definition) is 1. The average molecular weight is 285 g/mol. The van der Waals surface area contributed by atoms with Crippen LogP contribution in [0.3, 0.4) is 0 Å². The van der Waals surface area contributed by atoms with E-state index in [1.54, 1.807) is 7.11 Å². The fourth-order valence-electron chi connectivity index (χ4n) is 2.17. The lowest BCUT2D eigenvalue weighted by atomic mass is 10.1. The Balaban J connectivity index is 2.07. The molecule has 1 unspecified atom stereocenters. The molecule has 1 atom stereocenters.